The number of amides is 1. The van der Waals surface area contributed by atoms with Crippen molar-refractivity contribution in [2.24, 2.45) is 4.99 Å². The molecular weight excluding hydrogens is 474 g/mol. The molecule has 5 rings (SSSR count). The monoisotopic (exact) mass is 499 g/mol. The maximum atomic E-state index is 13.7. The quantitative estimate of drug-likeness (QED) is 0.442. The molecule has 1 aliphatic heterocycles. The molecule has 3 heterocycles. The first-order chi connectivity index (χ1) is 17.5. The van der Waals surface area contributed by atoms with Crippen molar-refractivity contribution in [2.45, 2.75) is 26.4 Å². The van der Waals surface area contributed by atoms with Gasteiger partial charge in [0.25, 0.3) is 11.5 Å². The van der Waals surface area contributed by atoms with Crippen LogP contribution >= 0.6 is 11.3 Å². The summed E-state index contributed by atoms with van der Waals surface area (Å²) in [4.78, 5) is 32.5. The molecule has 4 aromatic rings. The van der Waals surface area contributed by atoms with Gasteiger partial charge in [-0.05, 0) is 49.8 Å². The van der Waals surface area contributed by atoms with Gasteiger partial charge < -0.3 is 10.1 Å². The number of carbonyl (C=O) groups excluding carboxylic acids is 1. The second-order valence-electron chi connectivity index (χ2n) is 8.30. The lowest BCUT2D eigenvalue weighted by Gasteiger charge is -2.25. The van der Waals surface area contributed by atoms with Gasteiger partial charge in [0.05, 0.1) is 35.2 Å². The molecule has 0 saturated carbocycles. The number of thiazole rings is 1. The molecule has 2 aromatic heterocycles. The fraction of sp³-hybridized carbons (Fsp3) is 0.185. The third kappa shape index (κ3) is 4.40. The minimum Gasteiger partial charge on any atom is -0.497 e. The maximum absolute atomic E-state index is 13.7. The predicted octanol–water partition coefficient (Wildman–Crippen LogP) is 3.10. The van der Waals surface area contributed by atoms with Crippen molar-refractivity contribution in [1.29, 1.82) is 0 Å². The van der Waals surface area contributed by atoms with Gasteiger partial charge in [-0.25, -0.2) is 4.99 Å². The number of fused-ring (bicyclic) bond motifs is 1. The Morgan fingerprint density at radius 3 is 2.58 bits per heavy atom. The largest absolute Gasteiger partial charge is 0.497 e. The highest BCUT2D eigenvalue weighted by molar-refractivity contribution is 7.07. The Labute approximate surface area is 211 Å². The second kappa shape index (κ2) is 9.79. The average molecular weight is 500 g/mol. The summed E-state index contributed by atoms with van der Waals surface area (Å²) in [6, 6.07) is 16.0. The van der Waals surface area contributed by atoms with Crippen molar-refractivity contribution in [3.05, 3.63) is 109 Å². The molecule has 2 aromatic carbocycles. The van der Waals surface area contributed by atoms with Crippen molar-refractivity contribution in [3.63, 3.8) is 0 Å². The van der Waals surface area contributed by atoms with E-state index in [1.165, 1.54) is 11.3 Å². The lowest BCUT2D eigenvalue weighted by molar-refractivity contribution is -0.113. The first-order valence-electron chi connectivity index (χ1n) is 11.5. The van der Waals surface area contributed by atoms with Crippen LogP contribution < -0.4 is 24.9 Å². The van der Waals surface area contributed by atoms with Crippen LogP contribution in [-0.4, -0.2) is 27.4 Å². The molecule has 8 nitrogen and oxygen atoms in total. The van der Waals surface area contributed by atoms with E-state index in [-0.39, 0.29) is 11.5 Å². The molecule has 1 atom stereocenters. The van der Waals surface area contributed by atoms with E-state index in [0.29, 0.717) is 32.0 Å². The first-order valence-corrected chi connectivity index (χ1v) is 12.4. The Morgan fingerprint density at radius 2 is 1.92 bits per heavy atom. The van der Waals surface area contributed by atoms with Gasteiger partial charge in [-0.2, -0.15) is 5.10 Å². The number of benzene rings is 2. The molecule has 36 heavy (non-hydrogen) atoms. The van der Waals surface area contributed by atoms with Gasteiger partial charge in [-0.3, -0.25) is 18.8 Å². The summed E-state index contributed by atoms with van der Waals surface area (Å²) in [6.45, 7) is 4.55. The Morgan fingerprint density at radius 1 is 1.17 bits per heavy atom. The van der Waals surface area contributed by atoms with Gasteiger partial charge >= 0.3 is 0 Å². The van der Waals surface area contributed by atoms with Crippen molar-refractivity contribution in [2.75, 3.05) is 12.4 Å². The third-order valence-electron chi connectivity index (χ3n) is 6.00. The minimum atomic E-state index is -0.642. The van der Waals surface area contributed by atoms with E-state index in [9.17, 15) is 9.59 Å². The van der Waals surface area contributed by atoms with Gasteiger partial charge in [-0.1, -0.05) is 41.7 Å². The highest BCUT2D eigenvalue weighted by atomic mass is 32.1. The SMILES string of the molecule is CCn1cc(C=c2sc3n(c2=O)C(c2ccc(OC)cc2)C(C(=O)Nc2ccccc2)=C(C)N=3)cn1. The van der Waals surface area contributed by atoms with Crippen LogP contribution in [0.15, 0.2) is 88.0 Å². The Hall–Kier alpha value is -4.24. The van der Waals surface area contributed by atoms with Crippen molar-refractivity contribution >= 4 is 29.0 Å². The molecule has 1 aliphatic rings. The molecule has 1 unspecified atom stereocenters. The van der Waals surface area contributed by atoms with Crippen molar-refractivity contribution in [3.8, 4) is 5.75 Å². The number of nitrogens with one attached hydrogen (secondary N) is 1. The minimum absolute atomic E-state index is 0.207. The lowest BCUT2D eigenvalue weighted by atomic mass is 9.95. The maximum Gasteiger partial charge on any atom is 0.271 e. The van der Waals surface area contributed by atoms with Gasteiger partial charge in [0.1, 0.15) is 5.75 Å². The fourth-order valence-corrected chi connectivity index (χ4v) is 5.26. The summed E-state index contributed by atoms with van der Waals surface area (Å²) in [7, 11) is 1.60. The number of hydrogen-bond donors (Lipinski definition) is 1. The van der Waals surface area contributed by atoms with E-state index in [1.807, 2.05) is 73.8 Å². The highest BCUT2D eigenvalue weighted by Crippen LogP contribution is 2.31. The molecular formula is C27H25N5O3S. The van der Waals surface area contributed by atoms with E-state index >= 15 is 0 Å². The van der Waals surface area contributed by atoms with Gasteiger partial charge in [-0.15, -0.1) is 0 Å². The van der Waals surface area contributed by atoms with Crippen molar-refractivity contribution in [1.82, 2.24) is 14.3 Å². The smallest absolute Gasteiger partial charge is 0.271 e. The van der Waals surface area contributed by atoms with Crippen LogP contribution in [0.4, 0.5) is 5.69 Å². The number of rotatable bonds is 6. The second-order valence-corrected chi connectivity index (χ2v) is 9.31. The number of ether oxygens (including phenoxy) is 1. The molecule has 0 fully saturated rings. The number of hydrogen-bond acceptors (Lipinski definition) is 6. The van der Waals surface area contributed by atoms with Crippen LogP contribution in [0.3, 0.4) is 0 Å². The summed E-state index contributed by atoms with van der Waals surface area (Å²) >= 11 is 1.30. The predicted molar refractivity (Wildman–Crippen MR) is 140 cm³/mol. The number of nitrogens with zero attached hydrogens (tertiary/aromatic N) is 4. The van der Waals surface area contributed by atoms with Crippen LogP contribution in [0.2, 0.25) is 0 Å². The summed E-state index contributed by atoms with van der Waals surface area (Å²) in [5.74, 6) is 0.386. The molecule has 182 valence electrons. The zero-order chi connectivity index (χ0) is 25.2. The lowest BCUT2D eigenvalue weighted by Crippen LogP contribution is -2.40. The van der Waals surface area contributed by atoms with Crippen LogP contribution in [0.25, 0.3) is 6.08 Å². The van der Waals surface area contributed by atoms with Crippen LogP contribution in [0, 0.1) is 0 Å². The van der Waals surface area contributed by atoms with Crippen LogP contribution in [0.1, 0.15) is 31.0 Å². The number of carbonyl (C=O) groups is 1. The number of methoxy groups -OCH3 is 1. The Bertz CT molecular complexity index is 1630. The molecule has 0 radical (unpaired) electrons. The normalized spacial score (nSPS) is 15.4. The van der Waals surface area contributed by atoms with Crippen LogP contribution in [0.5, 0.6) is 5.75 Å². The number of para-hydroxylation sites is 1. The molecule has 0 saturated heterocycles. The number of anilines is 1. The van der Waals surface area contributed by atoms with Crippen LogP contribution in [-0.2, 0) is 11.3 Å². The summed E-state index contributed by atoms with van der Waals surface area (Å²) in [5, 5.41) is 7.25. The Balaban J connectivity index is 1.66. The summed E-state index contributed by atoms with van der Waals surface area (Å²) < 4.78 is 9.26. The fourth-order valence-electron chi connectivity index (χ4n) is 4.21. The van der Waals surface area contributed by atoms with E-state index in [0.717, 1.165) is 17.7 Å². The molecule has 9 heteroatoms. The molecule has 0 bridgehead atoms. The summed E-state index contributed by atoms with van der Waals surface area (Å²) in [5.41, 5.74) is 3.07. The molecule has 1 amide bonds. The van der Waals surface area contributed by atoms with E-state index in [4.69, 9.17) is 4.74 Å². The first kappa shape index (κ1) is 23.5. The molecule has 1 N–H and O–H groups in total. The Kier molecular flexibility index (Phi) is 6.39. The molecule has 0 aliphatic carbocycles. The summed E-state index contributed by atoms with van der Waals surface area (Å²) in [6.07, 6.45) is 5.44. The van der Waals surface area contributed by atoms with Crippen molar-refractivity contribution < 1.29 is 9.53 Å². The number of aromatic nitrogens is 3. The molecule has 0 spiro atoms. The van der Waals surface area contributed by atoms with E-state index in [1.54, 1.807) is 29.5 Å². The van der Waals surface area contributed by atoms with Gasteiger partial charge in [0.15, 0.2) is 4.80 Å². The highest BCUT2D eigenvalue weighted by Gasteiger charge is 2.32. The van der Waals surface area contributed by atoms with Gasteiger partial charge in [0.2, 0.25) is 0 Å². The number of allylic oxidation sites excluding steroid dienone is 1. The topological polar surface area (TPSA) is 90.5 Å². The van der Waals surface area contributed by atoms with Gasteiger partial charge in [0, 0.05) is 24.0 Å². The van der Waals surface area contributed by atoms with E-state index < -0.39 is 6.04 Å². The zero-order valence-electron chi connectivity index (χ0n) is 20.1. The number of aryl methyl sites for hydroxylation is 1. The standard InChI is InChI=1S/C27H25N5O3S/c1-4-31-16-18(15-28-31)14-22-26(34)32-24(19-10-12-21(35-3)13-11-19)23(17(2)29-27(32)36-22)25(33)30-20-8-6-5-7-9-20/h5-16,24H,4H2,1-3H3,(H,30,33). The van der Waals surface area contributed by atoms with E-state index in [2.05, 4.69) is 15.4 Å². The zero-order valence-corrected chi connectivity index (χ0v) is 21.0. The third-order valence-corrected chi connectivity index (χ3v) is 6.99. The average Bonchev–Trinajstić information content (AvgIpc) is 3.47.